The highest BCUT2D eigenvalue weighted by molar-refractivity contribution is 5.93. The van der Waals surface area contributed by atoms with E-state index in [2.05, 4.69) is 36.5 Å². The first-order valence-corrected chi connectivity index (χ1v) is 13.6. The average Bonchev–Trinajstić information content (AvgIpc) is 2.92. The second kappa shape index (κ2) is 11.9. The molecule has 0 spiro atoms. The summed E-state index contributed by atoms with van der Waals surface area (Å²) in [4.78, 5) is 44.7. The van der Waals surface area contributed by atoms with Crippen LogP contribution in [0.5, 0.6) is 0 Å². The van der Waals surface area contributed by atoms with E-state index in [-0.39, 0.29) is 29.9 Å². The van der Waals surface area contributed by atoms with Crippen molar-refractivity contribution in [3.05, 3.63) is 65.7 Å². The Hall–Kier alpha value is -3.55. The first-order chi connectivity index (χ1) is 18.1. The number of urea groups is 1. The lowest BCUT2D eigenvalue weighted by Gasteiger charge is -2.42. The number of ether oxygens (including phenoxy) is 1. The first kappa shape index (κ1) is 27.5. The van der Waals surface area contributed by atoms with Gasteiger partial charge >= 0.3 is 12.1 Å². The zero-order valence-corrected chi connectivity index (χ0v) is 23.0. The van der Waals surface area contributed by atoms with Gasteiger partial charge in [-0.25, -0.2) is 9.59 Å². The van der Waals surface area contributed by atoms with Crippen molar-refractivity contribution >= 4 is 23.7 Å². The molecule has 2 aliphatic rings. The molecular weight excluding hydrogens is 480 g/mol. The topological polar surface area (TPSA) is 82.2 Å². The number of amides is 4. The second-order valence-corrected chi connectivity index (χ2v) is 11.2. The molecule has 2 saturated heterocycles. The third-order valence-electron chi connectivity index (χ3n) is 7.19. The van der Waals surface area contributed by atoms with Crippen LogP contribution in [0.25, 0.3) is 0 Å². The molecule has 0 radical (unpaired) electrons. The number of nitrogens with zero attached hydrogens (tertiary/aromatic N) is 3. The standard InChI is InChI=1S/C30H40N4O4/c1-5-22-11-13-23(14-12-22)24-19-25(27(35)31-26-9-7-6-8-10-26)21-34(20-24)28(36)32-15-17-33(18-16-32)29(37)38-30(2,3)4/h6-14,24-25H,5,15-21H2,1-4H3,(H,31,35). The third kappa shape index (κ3) is 7.05. The molecule has 8 heteroatoms. The van der Waals surface area contributed by atoms with E-state index >= 15 is 0 Å². The number of para-hydroxylation sites is 1. The van der Waals surface area contributed by atoms with Crippen LogP contribution in [0.4, 0.5) is 15.3 Å². The highest BCUT2D eigenvalue weighted by Crippen LogP contribution is 2.32. The Balaban J connectivity index is 1.45. The minimum Gasteiger partial charge on any atom is -0.444 e. The molecule has 2 aromatic carbocycles. The SMILES string of the molecule is CCc1ccc(C2CC(C(=O)Nc3ccccc3)CN(C(=O)N3CCN(C(=O)OC(C)(C)C)CC3)C2)cc1. The smallest absolute Gasteiger partial charge is 0.410 e. The fourth-order valence-corrected chi connectivity index (χ4v) is 5.08. The minimum atomic E-state index is -0.558. The Bertz CT molecular complexity index is 1110. The summed E-state index contributed by atoms with van der Waals surface area (Å²) in [6.45, 7) is 10.3. The molecule has 4 amide bonds. The number of benzene rings is 2. The predicted octanol–water partition coefficient (Wildman–Crippen LogP) is 4.97. The number of piperazine rings is 1. The van der Waals surface area contributed by atoms with E-state index in [0.29, 0.717) is 45.7 Å². The number of rotatable bonds is 4. The van der Waals surface area contributed by atoms with Gasteiger partial charge in [-0.3, -0.25) is 4.79 Å². The van der Waals surface area contributed by atoms with Gasteiger partial charge in [-0.1, -0.05) is 49.4 Å². The summed E-state index contributed by atoms with van der Waals surface area (Å²) in [5, 5.41) is 3.03. The molecule has 0 aliphatic carbocycles. The zero-order valence-electron chi connectivity index (χ0n) is 23.0. The van der Waals surface area contributed by atoms with Crippen LogP contribution in [0.15, 0.2) is 54.6 Å². The summed E-state index contributed by atoms with van der Waals surface area (Å²) >= 11 is 0. The van der Waals surface area contributed by atoms with Gasteiger partial charge in [0.05, 0.1) is 5.92 Å². The summed E-state index contributed by atoms with van der Waals surface area (Å²) in [5.74, 6) is -0.335. The van der Waals surface area contributed by atoms with E-state index in [1.807, 2.05) is 56.0 Å². The van der Waals surface area contributed by atoms with Gasteiger partial charge in [0.1, 0.15) is 5.60 Å². The van der Waals surface area contributed by atoms with Gasteiger partial charge in [0.2, 0.25) is 5.91 Å². The molecular formula is C30H40N4O4. The highest BCUT2D eigenvalue weighted by Gasteiger charge is 2.37. The van der Waals surface area contributed by atoms with Crippen molar-refractivity contribution in [3.8, 4) is 0 Å². The molecule has 0 saturated carbocycles. The van der Waals surface area contributed by atoms with Crippen LogP contribution >= 0.6 is 0 Å². The van der Waals surface area contributed by atoms with Crippen LogP contribution in [0, 0.1) is 5.92 Å². The molecule has 204 valence electrons. The quantitative estimate of drug-likeness (QED) is 0.617. The fourth-order valence-electron chi connectivity index (χ4n) is 5.08. The lowest BCUT2D eigenvalue weighted by Crippen LogP contribution is -2.57. The Kier molecular flexibility index (Phi) is 8.59. The fraction of sp³-hybridized carbons (Fsp3) is 0.500. The molecule has 0 aromatic heterocycles. The van der Waals surface area contributed by atoms with Crippen molar-refractivity contribution in [1.82, 2.24) is 14.7 Å². The van der Waals surface area contributed by atoms with Crippen molar-refractivity contribution in [2.45, 2.75) is 52.1 Å². The van der Waals surface area contributed by atoms with E-state index in [1.54, 1.807) is 9.80 Å². The maximum absolute atomic E-state index is 13.6. The maximum atomic E-state index is 13.6. The van der Waals surface area contributed by atoms with Crippen molar-refractivity contribution in [2.75, 3.05) is 44.6 Å². The van der Waals surface area contributed by atoms with Crippen molar-refractivity contribution in [2.24, 2.45) is 5.92 Å². The summed E-state index contributed by atoms with van der Waals surface area (Å²) in [6, 6.07) is 17.9. The van der Waals surface area contributed by atoms with Gasteiger partial charge in [0.25, 0.3) is 0 Å². The van der Waals surface area contributed by atoms with Crippen molar-refractivity contribution in [1.29, 1.82) is 0 Å². The van der Waals surface area contributed by atoms with E-state index in [1.165, 1.54) is 5.56 Å². The Morgan fingerprint density at radius 1 is 0.868 bits per heavy atom. The van der Waals surface area contributed by atoms with E-state index in [0.717, 1.165) is 17.7 Å². The van der Waals surface area contributed by atoms with Gasteiger partial charge < -0.3 is 24.8 Å². The van der Waals surface area contributed by atoms with Gasteiger partial charge in [0, 0.05) is 50.9 Å². The van der Waals surface area contributed by atoms with Crippen LogP contribution in [0.1, 0.15) is 51.2 Å². The number of carbonyl (C=O) groups excluding carboxylic acids is 3. The van der Waals surface area contributed by atoms with Gasteiger partial charge in [0.15, 0.2) is 0 Å². The number of nitrogens with one attached hydrogen (secondary N) is 1. The van der Waals surface area contributed by atoms with Crippen LogP contribution in [0.3, 0.4) is 0 Å². The second-order valence-electron chi connectivity index (χ2n) is 11.2. The van der Waals surface area contributed by atoms with Gasteiger partial charge in [-0.15, -0.1) is 0 Å². The number of hydrogen-bond donors (Lipinski definition) is 1. The van der Waals surface area contributed by atoms with Crippen molar-refractivity contribution in [3.63, 3.8) is 0 Å². The Labute approximate surface area is 225 Å². The number of carbonyl (C=O) groups is 3. The van der Waals surface area contributed by atoms with Crippen LogP contribution in [-0.4, -0.2) is 77.6 Å². The molecule has 2 aliphatic heterocycles. The van der Waals surface area contributed by atoms with Crippen molar-refractivity contribution < 1.29 is 19.1 Å². The summed E-state index contributed by atoms with van der Waals surface area (Å²) in [6.07, 6.45) is 1.30. The molecule has 1 N–H and O–H groups in total. The summed E-state index contributed by atoms with van der Waals surface area (Å²) < 4.78 is 5.49. The third-order valence-corrected chi connectivity index (χ3v) is 7.19. The molecule has 38 heavy (non-hydrogen) atoms. The van der Waals surface area contributed by atoms with Gasteiger partial charge in [-0.2, -0.15) is 0 Å². The summed E-state index contributed by atoms with van der Waals surface area (Å²) in [5.41, 5.74) is 2.60. The summed E-state index contributed by atoms with van der Waals surface area (Å²) in [7, 11) is 0. The maximum Gasteiger partial charge on any atom is 0.410 e. The van der Waals surface area contributed by atoms with Crippen LogP contribution < -0.4 is 5.32 Å². The van der Waals surface area contributed by atoms with E-state index < -0.39 is 5.60 Å². The first-order valence-electron chi connectivity index (χ1n) is 13.6. The molecule has 4 rings (SSSR count). The Morgan fingerprint density at radius 2 is 1.50 bits per heavy atom. The van der Waals surface area contributed by atoms with E-state index in [9.17, 15) is 14.4 Å². The lowest BCUT2D eigenvalue weighted by molar-refractivity contribution is -0.121. The molecule has 8 nitrogen and oxygen atoms in total. The van der Waals surface area contributed by atoms with Gasteiger partial charge in [-0.05, 0) is 56.9 Å². The predicted molar refractivity (Wildman–Crippen MR) is 148 cm³/mol. The number of hydrogen-bond acceptors (Lipinski definition) is 4. The molecule has 0 bridgehead atoms. The minimum absolute atomic E-state index is 0.0631. The normalized spacial score (nSPS) is 20.2. The number of piperidine rings is 1. The molecule has 2 atom stereocenters. The molecule has 2 aromatic rings. The van der Waals surface area contributed by atoms with Crippen LogP contribution in [-0.2, 0) is 16.0 Å². The number of likely N-dealkylation sites (tertiary alicyclic amines) is 1. The molecule has 2 fully saturated rings. The van der Waals surface area contributed by atoms with E-state index in [4.69, 9.17) is 4.74 Å². The largest absolute Gasteiger partial charge is 0.444 e. The zero-order chi connectivity index (χ0) is 27.3. The number of anilines is 1. The molecule has 2 unspecified atom stereocenters. The van der Waals surface area contributed by atoms with Crippen LogP contribution in [0.2, 0.25) is 0 Å². The Morgan fingerprint density at radius 3 is 2.11 bits per heavy atom. The highest BCUT2D eigenvalue weighted by atomic mass is 16.6. The molecule has 2 heterocycles. The number of aryl methyl sites for hydroxylation is 1. The monoisotopic (exact) mass is 520 g/mol. The average molecular weight is 521 g/mol. The lowest BCUT2D eigenvalue weighted by atomic mass is 9.83.